The van der Waals surface area contributed by atoms with Gasteiger partial charge in [0.05, 0.1) is 32.3 Å². The Labute approximate surface area is 205 Å². The predicted octanol–water partition coefficient (Wildman–Crippen LogP) is 2.11. The molecule has 0 radical (unpaired) electrons. The molecule has 0 rings (SSSR count). The molecule has 0 fully saturated rings. The molecular weight excluding hydrogens is 440 g/mol. The Morgan fingerprint density at radius 1 is 0.824 bits per heavy atom. The summed E-state index contributed by atoms with van der Waals surface area (Å²) >= 11 is 0. The Balaban J connectivity index is 4.88. The van der Waals surface area contributed by atoms with Crippen molar-refractivity contribution in [1.82, 2.24) is 9.80 Å². The van der Waals surface area contributed by atoms with E-state index in [1.54, 1.807) is 0 Å². The highest BCUT2D eigenvalue weighted by atomic mass is 16.6. The topological polar surface area (TPSA) is 128 Å². The highest BCUT2D eigenvalue weighted by Gasteiger charge is 2.33. The lowest BCUT2D eigenvalue weighted by Crippen LogP contribution is -2.48. The van der Waals surface area contributed by atoms with Gasteiger partial charge in [-0.2, -0.15) is 0 Å². The van der Waals surface area contributed by atoms with Crippen molar-refractivity contribution in [3.05, 3.63) is 0 Å². The van der Waals surface area contributed by atoms with E-state index in [4.69, 9.17) is 14.9 Å². The highest BCUT2D eigenvalue weighted by Crippen LogP contribution is 2.23. The van der Waals surface area contributed by atoms with Gasteiger partial charge >= 0.3 is 5.97 Å². The fraction of sp³-hybridized carbons (Fsp3) is 0.880. The largest absolute Gasteiger partial charge is 0.457 e. The third kappa shape index (κ3) is 12.7. The quantitative estimate of drug-likeness (QED) is 0.177. The summed E-state index contributed by atoms with van der Waals surface area (Å²) in [6, 6.07) is 0. The van der Waals surface area contributed by atoms with Gasteiger partial charge in [-0.25, -0.2) is 0 Å². The Kier molecular flexibility index (Phi) is 17.7. The fourth-order valence-corrected chi connectivity index (χ4v) is 3.77. The van der Waals surface area contributed by atoms with E-state index in [2.05, 4.69) is 6.92 Å². The lowest BCUT2D eigenvalue weighted by molar-refractivity contribution is -0.168. The summed E-state index contributed by atoms with van der Waals surface area (Å²) in [5, 5.41) is 27.6. The monoisotopic (exact) mass is 488 g/mol. The first-order chi connectivity index (χ1) is 16.2. The number of ether oxygens (including phenoxy) is 1. The molecular formula is C25H48N2O7. The number of hydrogen-bond acceptors (Lipinski definition) is 7. The number of amides is 2. The van der Waals surface area contributed by atoms with Crippen molar-refractivity contribution >= 4 is 17.8 Å². The van der Waals surface area contributed by atoms with Crippen LogP contribution in [0, 0.1) is 5.92 Å². The average molecular weight is 489 g/mol. The number of aliphatic hydroxyl groups excluding tert-OH is 3. The van der Waals surface area contributed by atoms with Crippen molar-refractivity contribution in [2.75, 3.05) is 46.0 Å². The molecule has 0 aliphatic carbocycles. The minimum atomic E-state index is -0.841. The van der Waals surface area contributed by atoms with Gasteiger partial charge in [-0.05, 0) is 39.0 Å². The SMILES string of the molecule is CCCCC(CC)C(=O)OC(C)(CC)CN(CCO)C(=O)CCCCC(=O)N(CCO)CCO. The Bertz CT molecular complexity index is 582. The lowest BCUT2D eigenvalue weighted by Gasteiger charge is -2.35. The van der Waals surface area contributed by atoms with Gasteiger partial charge in [-0.3, -0.25) is 14.4 Å². The molecule has 0 aliphatic rings. The first-order valence-corrected chi connectivity index (χ1v) is 12.8. The molecule has 0 aromatic heterocycles. The van der Waals surface area contributed by atoms with Gasteiger partial charge in [-0.15, -0.1) is 0 Å². The third-order valence-corrected chi connectivity index (χ3v) is 6.20. The summed E-state index contributed by atoms with van der Waals surface area (Å²) in [6.07, 6.45) is 5.46. The minimum absolute atomic E-state index is 0.151. The molecule has 34 heavy (non-hydrogen) atoms. The van der Waals surface area contributed by atoms with Crippen molar-refractivity contribution < 1.29 is 34.4 Å². The van der Waals surface area contributed by atoms with Crippen LogP contribution in [-0.2, 0) is 19.1 Å². The summed E-state index contributed by atoms with van der Waals surface area (Å²) in [4.78, 5) is 40.7. The van der Waals surface area contributed by atoms with Crippen LogP contribution in [-0.4, -0.2) is 94.5 Å². The van der Waals surface area contributed by atoms with Gasteiger partial charge in [0, 0.05) is 32.5 Å². The first kappa shape index (κ1) is 32.3. The van der Waals surface area contributed by atoms with Gasteiger partial charge < -0.3 is 29.9 Å². The van der Waals surface area contributed by atoms with Crippen LogP contribution < -0.4 is 0 Å². The van der Waals surface area contributed by atoms with Gasteiger partial charge in [0.2, 0.25) is 11.8 Å². The number of hydrogen-bond donors (Lipinski definition) is 3. The Morgan fingerprint density at radius 2 is 1.32 bits per heavy atom. The maximum atomic E-state index is 12.8. The van der Waals surface area contributed by atoms with Crippen LogP contribution in [0.2, 0.25) is 0 Å². The molecule has 0 spiro atoms. The number of rotatable bonds is 20. The van der Waals surface area contributed by atoms with Crippen molar-refractivity contribution in [2.24, 2.45) is 5.92 Å². The molecule has 2 unspecified atom stereocenters. The van der Waals surface area contributed by atoms with Crippen LogP contribution in [0.3, 0.4) is 0 Å². The van der Waals surface area contributed by atoms with E-state index in [0.717, 1.165) is 19.3 Å². The molecule has 3 N–H and O–H groups in total. The molecule has 2 atom stereocenters. The lowest BCUT2D eigenvalue weighted by atomic mass is 9.97. The van der Waals surface area contributed by atoms with Gasteiger partial charge in [0.15, 0.2) is 0 Å². The van der Waals surface area contributed by atoms with Crippen molar-refractivity contribution in [3.63, 3.8) is 0 Å². The zero-order valence-electron chi connectivity index (χ0n) is 21.8. The maximum Gasteiger partial charge on any atom is 0.309 e. The summed E-state index contributed by atoms with van der Waals surface area (Å²) in [5.41, 5.74) is -0.841. The van der Waals surface area contributed by atoms with Crippen molar-refractivity contribution in [2.45, 2.75) is 91.1 Å². The van der Waals surface area contributed by atoms with Crippen molar-refractivity contribution in [1.29, 1.82) is 0 Å². The van der Waals surface area contributed by atoms with Crippen LogP contribution in [0.5, 0.6) is 0 Å². The molecule has 0 saturated heterocycles. The molecule has 0 aliphatic heterocycles. The van der Waals surface area contributed by atoms with E-state index in [1.807, 2.05) is 20.8 Å². The third-order valence-electron chi connectivity index (χ3n) is 6.20. The molecule has 200 valence electrons. The maximum absolute atomic E-state index is 12.8. The second-order valence-electron chi connectivity index (χ2n) is 9.05. The van der Waals surface area contributed by atoms with Gasteiger partial charge in [-0.1, -0.05) is 33.6 Å². The average Bonchev–Trinajstić information content (AvgIpc) is 2.81. The number of esters is 1. The van der Waals surface area contributed by atoms with Crippen LogP contribution in [0.1, 0.15) is 85.5 Å². The Morgan fingerprint density at radius 3 is 1.76 bits per heavy atom. The van der Waals surface area contributed by atoms with E-state index in [9.17, 15) is 19.5 Å². The molecule has 2 amide bonds. The van der Waals surface area contributed by atoms with E-state index >= 15 is 0 Å². The van der Waals surface area contributed by atoms with Crippen molar-refractivity contribution in [3.8, 4) is 0 Å². The highest BCUT2D eigenvalue weighted by molar-refractivity contribution is 5.77. The predicted molar refractivity (Wildman–Crippen MR) is 131 cm³/mol. The summed E-state index contributed by atoms with van der Waals surface area (Å²) in [5.74, 6) is -0.702. The van der Waals surface area contributed by atoms with Crippen LogP contribution in [0.25, 0.3) is 0 Å². The molecule has 0 bridgehead atoms. The molecule has 0 saturated carbocycles. The number of unbranched alkanes of at least 4 members (excludes halogenated alkanes) is 2. The molecule has 9 heteroatoms. The van der Waals surface area contributed by atoms with Gasteiger partial charge in [0.1, 0.15) is 5.60 Å². The van der Waals surface area contributed by atoms with Gasteiger partial charge in [0.25, 0.3) is 0 Å². The minimum Gasteiger partial charge on any atom is -0.457 e. The summed E-state index contributed by atoms with van der Waals surface area (Å²) in [6.45, 7) is 7.98. The molecule has 0 aromatic carbocycles. The smallest absolute Gasteiger partial charge is 0.309 e. The second kappa shape index (κ2) is 18.6. The normalized spacial score (nSPS) is 13.7. The zero-order valence-corrected chi connectivity index (χ0v) is 21.8. The zero-order chi connectivity index (χ0) is 26.0. The molecule has 0 aromatic rings. The van der Waals surface area contributed by atoms with E-state index < -0.39 is 5.60 Å². The number of carbonyl (C=O) groups is 3. The number of carbonyl (C=O) groups excluding carboxylic acids is 3. The standard InChI is InChI=1S/C25H48N2O7/c1-5-8-11-21(6-2)24(33)34-25(4,7-3)20-27(16-19-30)23(32)13-10-9-12-22(31)26(14-17-28)15-18-29/h21,28-30H,5-20H2,1-4H3. The first-order valence-electron chi connectivity index (χ1n) is 12.8. The van der Waals surface area contributed by atoms with E-state index in [1.165, 1.54) is 9.80 Å². The van der Waals surface area contributed by atoms with E-state index in [-0.39, 0.29) is 82.5 Å². The molecule has 0 heterocycles. The van der Waals surface area contributed by atoms with E-state index in [0.29, 0.717) is 25.7 Å². The fourth-order valence-electron chi connectivity index (χ4n) is 3.77. The summed E-state index contributed by atoms with van der Waals surface area (Å²) < 4.78 is 5.89. The number of nitrogens with zero attached hydrogens (tertiary/aromatic N) is 2. The van der Waals surface area contributed by atoms with Crippen LogP contribution in [0.15, 0.2) is 0 Å². The van der Waals surface area contributed by atoms with Crippen LogP contribution in [0.4, 0.5) is 0 Å². The second-order valence-corrected chi connectivity index (χ2v) is 9.05. The Hall–Kier alpha value is -1.71. The summed E-state index contributed by atoms with van der Waals surface area (Å²) in [7, 11) is 0. The number of aliphatic hydroxyl groups is 3. The molecule has 9 nitrogen and oxygen atoms in total. The van der Waals surface area contributed by atoms with Crippen LogP contribution >= 0.6 is 0 Å².